The van der Waals surface area contributed by atoms with Crippen LogP contribution < -0.4 is 11.1 Å². The molecule has 0 unspecified atom stereocenters. The number of hydrogen-bond donors (Lipinski definition) is 3. The predicted molar refractivity (Wildman–Crippen MR) is 86.3 cm³/mol. The number of rotatable bonds is 3. The van der Waals surface area contributed by atoms with Gasteiger partial charge in [-0.05, 0) is 38.5 Å². The number of nitrogens with one attached hydrogen (secondary N) is 1. The highest BCUT2D eigenvalue weighted by atomic mass is 16.3. The zero-order valence-electron chi connectivity index (χ0n) is 13.6. The second-order valence-corrected chi connectivity index (χ2v) is 7.21. The van der Waals surface area contributed by atoms with E-state index in [2.05, 4.69) is 36.1 Å². The molecule has 1 aliphatic carbocycles. The van der Waals surface area contributed by atoms with Gasteiger partial charge in [0.05, 0.1) is 6.10 Å². The average molecular weight is 292 g/mol. The molecule has 5 nitrogen and oxygen atoms in total. The number of nitrogens with zero attached hydrogens (tertiary/aromatic N) is 2. The van der Waals surface area contributed by atoms with E-state index in [0.717, 1.165) is 49.4 Å². The first kappa shape index (κ1) is 16.0. The van der Waals surface area contributed by atoms with Gasteiger partial charge in [-0.3, -0.25) is 0 Å². The summed E-state index contributed by atoms with van der Waals surface area (Å²) in [5.41, 5.74) is 6.82. The Kier molecular flexibility index (Phi) is 4.71. The molecule has 0 radical (unpaired) electrons. The van der Waals surface area contributed by atoms with Crippen LogP contribution in [-0.4, -0.2) is 27.7 Å². The minimum absolute atomic E-state index is 0.106. The molecule has 0 amide bonds. The lowest BCUT2D eigenvalue weighted by molar-refractivity contribution is 0.111. The average Bonchev–Trinajstić information content (AvgIpc) is 2.41. The van der Waals surface area contributed by atoms with Gasteiger partial charge >= 0.3 is 0 Å². The molecule has 5 heteroatoms. The lowest BCUT2D eigenvalue weighted by atomic mass is 9.87. The number of anilines is 2. The lowest BCUT2D eigenvalue weighted by Gasteiger charge is -2.26. The second kappa shape index (κ2) is 6.18. The Morgan fingerprint density at radius 3 is 2.38 bits per heavy atom. The zero-order chi connectivity index (χ0) is 15.6. The normalized spacial score (nSPS) is 23.1. The molecule has 1 aromatic heterocycles. The van der Waals surface area contributed by atoms with E-state index in [4.69, 9.17) is 5.73 Å². The molecule has 0 aromatic carbocycles. The first-order valence-corrected chi connectivity index (χ1v) is 7.84. The third kappa shape index (κ3) is 4.06. The molecule has 2 rings (SSSR count). The van der Waals surface area contributed by atoms with E-state index < -0.39 is 0 Å². The summed E-state index contributed by atoms with van der Waals surface area (Å²) in [6.07, 6.45) is 3.85. The molecule has 1 saturated carbocycles. The van der Waals surface area contributed by atoms with Gasteiger partial charge in [0, 0.05) is 17.5 Å². The van der Waals surface area contributed by atoms with E-state index in [1.807, 2.05) is 6.92 Å². The Bertz CT molecular complexity index is 488. The van der Waals surface area contributed by atoms with Crippen LogP contribution in [0.4, 0.5) is 11.6 Å². The Morgan fingerprint density at radius 2 is 1.81 bits per heavy atom. The molecule has 4 N–H and O–H groups in total. The summed E-state index contributed by atoms with van der Waals surface area (Å²) in [5, 5.41) is 13.0. The van der Waals surface area contributed by atoms with E-state index in [1.165, 1.54) is 0 Å². The molecule has 0 saturated heterocycles. The molecule has 0 atom stereocenters. The number of aliphatic hydroxyl groups is 1. The van der Waals surface area contributed by atoms with E-state index in [-0.39, 0.29) is 11.5 Å². The number of nitrogens with two attached hydrogens (primary N) is 1. The number of hydrogen-bond acceptors (Lipinski definition) is 5. The molecule has 1 heterocycles. The van der Waals surface area contributed by atoms with Crippen LogP contribution in [0.25, 0.3) is 0 Å². The molecular weight excluding hydrogens is 264 g/mol. The topological polar surface area (TPSA) is 84.1 Å². The standard InChI is InChI=1S/C16H28N4O/c1-10-13(17)19-15(16(2,3)4)20-14(10)18-9-11-5-7-12(21)8-6-11/h11-12,21H,5-9H2,1-4H3,(H3,17,18,19,20). The van der Waals surface area contributed by atoms with Crippen LogP contribution in [0.2, 0.25) is 0 Å². The van der Waals surface area contributed by atoms with Crippen LogP contribution in [-0.2, 0) is 5.41 Å². The Balaban J connectivity index is 2.07. The Morgan fingerprint density at radius 1 is 1.19 bits per heavy atom. The van der Waals surface area contributed by atoms with E-state index >= 15 is 0 Å². The monoisotopic (exact) mass is 292 g/mol. The third-order valence-corrected chi connectivity index (χ3v) is 4.23. The van der Waals surface area contributed by atoms with Crippen LogP contribution in [0.1, 0.15) is 57.8 Å². The molecule has 21 heavy (non-hydrogen) atoms. The van der Waals surface area contributed by atoms with Gasteiger partial charge in [0.25, 0.3) is 0 Å². The fraction of sp³-hybridized carbons (Fsp3) is 0.750. The minimum Gasteiger partial charge on any atom is -0.393 e. The Labute approximate surface area is 127 Å². The van der Waals surface area contributed by atoms with Crippen molar-refractivity contribution < 1.29 is 5.11 Å². The highest BCUT2D eigenvalue weighted by molar-refractivity contribution is 5.55. The van der Waals surface area contributed by atoms with Crippen LogP contribution in [0.3, 0.4) is 0 Å². The maximum atomic E-state index is 9.56. The highest BCUT2D eigenvalue weighted by Crippen LogP contribution is 2.27. The van der Waals surface area contributed by atoms with Gasteiger partial charge in [0.1, 0.15) is 17.5 Å². The van der Waals surface area contributed by atoms with Gasteiger partial charge in [-0.1, -0.05) is 20.8 Å². The first-order valence-electron chi connectivity index (χ1n) is 7.84. The summed E-state index contributed by atoms with van der Waals surface area (Å²) in [5.74, 6) is 2.77. The molecule has 0 aliphatic heterocycles. The summed E-state index contributed by atoms with van der Waals surface area (Å²) in [6.45, 7) is 9.10. The third-order valence-electron chi connectivity index (χ3n) is 4.23. The van der Waals surface area contributed by atoms with Gasteiger partial charge in [0.15, 0.2) is 0 Å². The van der Waals surface area contributed by atoms with Gasteiger partial charge in [-0.15, -0.1) is 0 Å². The van der Waals surface area contributed by atoms with E-state index in [1.54, 1.807) is 0 Å². The Hall–Kier alpha value is -1.36. The van der Waals surface area contributed by atoms with E-state index in [9.17, 15) is 5.11 Å². The van der Waals surface area contributed by atoms with Gasteiger partial charge in [0.2, 0.25) is 0 Å². The molecule has 0 bridgehead atoms. The predicted octanol–water partition coefficient (Wildman–Crippen LogP) is 2.63. The van der Waals surface area contributed by atoms with Crippen LogP contribution >= 0.6 is 0 Å². The second-order valence-electron chi connectivity index (χ2n) is 7.21. The van der Waals surface area contributed by atoms with Crippen molar-refractivity contribution in [1.82, 2.24) is 9.97 Å². The van der Waals surface area contributed by atoms with Gasteiger partial charge < -0.3 is 16.2 Å². The van der Waals surface area contributed by atoms with Gasteiger partial charge in [-0.2, -0.15) is 0 Å². The van der Waals surface area contributed by atoms with Crippen molar-refractivity contribution in [2.75, 3.05) is 17.6 Å². The molecule has 1 fully saturated rings. The van der Waals surface area contributed by atoms with Crippen molar-refractivity contribution in [2.45, 2.75) is 64.9 Å². The van der Waals surface area contributed by atoms with Crippen molar-refractivity contribution >= 4 is 11.6 Å². The van der Waals surface area contributed by atoms with Crippen LogP contribution in [0, 0.1) is 12.8 Å². The highest BCUT2D eigenvalue weighted by Gasteiger charge is 2.22. The summed E-state index contributed by atoms with van der Waals surface area (Å²) in [4.78, 5) is 9.06. The zero-order valence-corrected chi connectivity index (χ0v) is 13.6. The maximum Gasteiger partial charge on any atom is 0.138 e. The van der Waals surface area contributed by atoms with Crippen LogP contribution in [0.15, 0.2) is 0 Å². The SMILES string of the molecule is Cc1c(N)nc(C(C)(C)C)nc1NCC1CCC(O)CC1. The fourth-order valence-corrected chi connectivity index (χ4v) is 2.63. The quantitative estimate of drug-likeness (QED) is 0.797. The molecule has 1 aromatic rings. The molecule has 1 aliphatic rings. The van der Waals surface area contributed by atoms with Crippen LogP contribution in [0.5, 0.6) is 0 Å². The number of aliphatic hydroxyl groups excluding tert-OH is 1. The minimum atomic E-state index is -0.118. The largest absolute Gasteiger partial charge is 0.393 e. The molecule has 0 spiro atoms. The van der Waals surface area contributed by atoms with Crippen molar-refractivity contribution in [3.8, 4) is 0 Å². The van der Waals surface area contributed by atoms with Crippen molar-refractivity contribution in [3.63, 3.8) is 0 Å². The maximum absolute atomic E-state index is 9.56. The summed E-state index contributed by atoms with van der Waals surface area (Å²) < 4.78 is 0. The molecular formula is C16H28N4O. The van der Waals surface area contributed by atoms with Crippen molar-refractivity contribution in [1.29, 1.82) is 0 Å². The lowest BCUT2D eigenvalue weighted by Crippen LogP contribution is -2.25. The summed E-state index contributed by atoms with van der Waals surface area (Å²) in [6, 6.07) is 0. The fourth-order valence-electron chi connectivity index (χ4n) is 2.63. The first-order chi connectivity index (χ1) is 9.77. The smallest absolute Gasteiger partial charge is 0.138 e. The number of aromatic nitrogens is 2. The van der Waals surface area contributed by atoms with Crippen molar-refractivity contribution in [2.24, 2.45) is 5.92 Å². The van der Waals surface area contributed by atoms with Gasteiger partial charge in [-0.25, -0.2) is 9.97 Å². The summed E-state index contributed by atoms with van der Waals surface area (Å²) >= 11 is 0. The summed E-state index contributed by atoms with van der Waals surface area (Å²) in [7, 11) is 0. The number of nitrogen functional groups attached to an aromatic ring is 1. The van der Waals surface area contributed by atoms with Crippen molar-refractivity contribution in [3.05, 3.63) is 11.4 Å². The van der Waals surface area contributed by atoms with E-state index in [0.29, 0.717) is 11.7 Å². The molecule has 118 valence electrons.